The van der Waals surface area contributed by atoms with Crippen LogP contribution in [0.4, 0.5) is 4.39 Å². The van der Waals surface area contributed by atoms with E-state index in [4.69, 9.17) is 11.6 Å². The molecule has 0 bridgehead atoms. The number of piperidine rings is 1. The molecular weight excluding hydrogens is 427 g/mol. The van der Waals surface area contributed by atoms with Gasteiger partial charge in [0.15, 0.2) is 0 Å². The first-order chi connectivity index (χ1) is 14.8. The van der Waals surface area contributed by atoms with E-state index in [0.717, 1.165) is 17.9 Å². The van der Waals surface area contributed by atoms with Crippen molar-refractivity contribution in [2.24, 2.45) is 5.92 Å². The topological polar surface area (TPSA) is 49.4 Å². The van der Waals surface area contributed by atoms with E-state index in [9.17, 15) is 14.0 Å². The van der Waals surface area contributed by atoms with Crippen molar-refractivity contribution in [2.75, 3.05) is 13.1 Å². The van der Waals surface area contributed by atoms with Crippen LogP contribution in [-0.4, -0.2) is 35.8 Å². The molecule has 3 rings (SSSR count). The maximum absolute atomic E-state index is 13.8. The van der Waals surface area contributed by atoms with Crippen LogP contribution < -0.4 is 5.32 Å². The van der Waals surface area contributed by atoms with E-state index in [0.29, 0.717) is 31.0 Å². The van der Waals surface area contributed by atoms with Crippen LogP contribution in [0.5, 0.6) is 0 Å². The van der Waals surface area contributed by atoms with Crippen LogP contribution in [0, 0.1) is 11.7 Å². The van der Waals surface area contributed by atoms with Crippen molar-refractivity contribution in [3.05, 3.63) is 70.5 Å². The number of carbonyl (C=O) groups is 2. The third-order valence-corrected chi connectivity index (χ3v) is 6.23. The highest BCUT2D eigenvalue weighted by atomic mass is 35.5. The number of hydrogen-bond acceptors (Lipinski definition) is 2. The molecule has 0 aliphatic carbocycles. The van der Waals surface area contributed by atoms with Crippen molar-refractivity contribution in [2.45, 2.75) is 58.9 Å². The summed E-state index contributed by atoms with van der Waals surface area (Å²) in [5.74, 6) is -0.196. The van der Waals surface area contributed by atoms with Crippen LogP contribution in [-0.2, 0) is 16.0 Å². The summed E-state index contributed by atoms with van der Waals surface area (Å²) < 4.78 is 13.8. The van der Waals surface area contributed by atoms with E-state index in [-0.39, 0.29) is 37.4 Å². The van der Waals surface area contributed by atoms with Crippen molar-refractivity contribution < 1.29 is 14.0 Å². The summed E-state index contributed by atoms with van der Waals surface area (Å²) in [5, 5.41) is 3.61. The predicted molar refractivity (Wildman–Crippen MR) is 128 cm³/mol. The summed E-state index contributed by atoms with van der Waals surface area (Å²) in [7, 11) is 0. The summed E-state index contributed by atoms with van der Waals surface area (Å²) in [5.41, 5.74) is 1.76. The third kappa shape index (κ3) is 6.80. The number of amides is 2. The van der Waals surface area contributed by atoms with E-state index in [1.807, 2.05) is 30.9 Å². The molecule has 32 heavy (non-hydrogen) atoms. The quantitative estimate of drug-likeness (QED) is 0.585. The average molecular weight is 461 g/mol. The highest BCUT2D eigenvalue weighted by molar-refractivity contribution is 6.30. The average Bonchev–Trinajstić information content (AvgIpc) is 2.77. The molecule has 1 saturated heterocycles. The van der Waals surface area contributed by atoms with E-state index in [1.54, 1.807) is 18.2 Å². The van der Waals surface area contributed by atoms with E-state index in [2.05, 4.69) is 17.4 Å². The second-order valence-corrected chi connectivity index (χ2v) is 8.97. The summed E-state index contributed by atoms with van der Waals surface area (Å²) in [6, 6.07) is 13.8. The molecule has 0 aromatic heterocycles. The van der Waals surface area contributed by atoms with Gasteiger partial charge in [-0.05, 0) is 60.4 Å². The second-order valence-electron chi connectivity index (χ2n) is 8.53. The largest absolute Gasteiger partial charge is 0.344 e. The van der Waals surface area contributed by atoms with Crippen molar-refractivity contribution in [1.82, 2.24) is 10.2 Å². The molecule has 174 valence electrons. The van der Waals surface area contributed by atoms with Gasteiger partial charge in [0.1, 0.15) is 11.9 Å². The lowest BCUT2D eigenvalue weighted by molar-refractivity contribution is -0.138. The molecule has 0 unspecified atom stereocenters. The zero-order valence-electron chi connectivity index (χ0n) is 18.1. The number of rotatable bonds is 7. The van der Waals surface area contributed by atoms with Crippen molar-refractivity contribution >= 4 is 23.4 Å². The number of hydrogen-bond donors (Lipinski definition) is 1. The number of aryl methyl sites for hydroxylation is 1. The van der Waals surface area contributed by atoms with Gasteiger partial charge in [-0.25, -0.2) is 4.39 Å². The lowest BCUT2D eigenvalue weighted by Crippen LogP contribution is -2.52. The van der Waals surface area contributed by atoms with Gasteiger partial charge in [0, 0.05) is 24.5 Å². The zero-order valence-corrected chi connectivity index (χ0v) is 18.9. The molecule has 1 aliphatic rings. The minimum atomic E-state index is -0.569. The van der Waals surface area contributed by atoms with Crippen LogP contribution in [0.1, 0.15) is 57.6 Å². The van der Waals surface area contributed by atoms with Crippen molar-refractivity contribution in [3.8, 4) is 0 Å². The van der Waals surface area contributed by atoms with E-state index < -0.39 is 6.04 Å². The highest BCUT2D eigenvalue weighted by Crippen LogP contribution is 2.29. The van der Waals surface area contributed by atoms with Crippen LogP contribution in [0.3, 0.4) is 0 Å². The fraction of sp³-hybridized carbons (Fsp3) is 0.462. The van der Waals surface area contributed by atoms with E-state index >= 15 is 0 Å². The molecule has 2 amide bonds. The van der Waals surface area contributed by atoms with Crippen molar-refractivity contribution in [3.63, 3.8) is 0 Å². The van der Waals surface area contributed by atoms with Crippen LogP contribution in [0.2, 0.25) is 5.02 Å². The molecular formula is C26H34ClFN2O2. The van der Waals surface area contributed by atoms with Crippen molar-refractivity contribution in [1.29, 1.82) is 0 Å². The smallest absolute Gasteiger partial charge is 0.245 e. The molecule has 0 saturated carbocycles. The van der Waals surface area contributed by atoms with Crippen LogP contribution >= 0.6 is 11.6 Å². The Hall–Kier alpha value is -2.40. The number of benzene rings is 2. The summed E-state index contributed by atoms with van der Waals surface area (Å²) in [4.78, 5) is 27.5. The molecule has 6 heteroatoms. The second kappa shape index (κ2) is 12.0. The van der Waals surface area contributed by atoms with Crippen LogP contribution in [0.25, 0.3) is 0 Å². The van der Waals surface area contributed by atoms with E-state index in [1.165, 1.54) is 11.6 Å². The van der Waals surface area contributed by atoms with Gasteiger partial charge in [-0.1, -0.05) is 63.2 Å². The normalized spacial score (nSPS) is 15.2. The summed E-state index contributed by atoms with van der Waals surface area (Å²) >= 11 is 5.98. The molecule has 1 aliphatic heterocycles. The maximum atomic E-state index is 13.8. The third-order valence-electron chi connectivity index (χ3n) is 5.98. The Morgan fingerprint density at radius 3 is 2.31 bits per heavy atom. The molecule has 4 nitrogen and oxygen atoms in total. The molecule has 0 spiro atoms. The van der Waals surface area contributed by atoms with Gasteiger partial charge in [-0.2, -0.15) is 0 Å². The minimum absolute atomic E-state index is 0. The maximum Gasteiger partial charge on any atom is 0.245 e. The fourth-order valence-electron chi connectivity index (χ4n) is 4.07. The Kier molecular flexibility index (Phi) is 9.70. The Labute approximate surface area is 196 Å². The molecule has 1 fully saturated rings. The van der Waals surface area contributed by atoms with Gasteiger partial charge in [0.2, 0.25) is 11.8 Å². The Morgan fingerprint density at radius 2 is 1.72 bits per heavy atom. The van der Waals surface area contributed by atoms with Crippen LogP contribution in [0.15, 0.2) is 48.5 Å². The standard InChI is InChI=1S/C25H30ClFN2O2.CH4/c1-17(2)24(28-23(30)12-9-20-5-3-4-6-22(20)27)25(31)29-15-13-19(14-16-29)18-7-10-21(26)11-8-18;/h3-8,10-11,17,19,24H,9,12-16H2,1-2H3,(H,28,30);1H4/t24-;/m1./s1. The van der Waals surface area contributed by atoms with Gasteiger partial charge in [-0.3, -0.25) is 9.59 Å². The van der Waals surface area contributed by atoms with Gasteiger partial charge >= 0.3 is 0 Å². The molecule has 1 atom stereocenters. The summed E-state index contributed by atoms with van der Waals surface area (Å²) in [6.45, 7) is 5.20. The van der Waals surface area contributed by atoms with Gasteiger partial charge in [0.05, 0.1) is 0 Å². The zero-order chi connectivity index (χ0) is 22.4. The lowest BCUT2D eigenvalue weighted by Gasteiger charge is -2.35. The first-order valence-corrected chi connectivity index (χ1v) is 11.3. The Morgan fingerprint density at radius 1 is 1.09 bits per heavy atom. The number of carbonyl (C=O) groups excluding carboxylic acids is 2. The number of likely N-dealkylation sites (tertiary alicyclic amines) is 1. The monoisotopic (exact) mass is 460 g/mol. The summed E-state index contributed by atoms with van der Waals surface area (Å²) in [6.07, 6.45) is 2.24. The molecule has 2 aromatic rings. The minimum Gasteiger partial charge on any atom is -0.344 e. The number of nitrogens with one attached hydrogen (secondary N) is 1. The van der Waals surface area contributed by atoms with Gasteiger partial charge in [-0.15, -0.1) is 0 Å². The van der Waals surface area contributed by atoms with Gasteiger partial charge < -0.3 is 10.2 Å². The number of halogens is 2. The molecule has 1 N–H and O–H groups in total. The first kappa shape index (κ1) is 25.9. The molecule has 0 radical (unpaired) electrons. The Balaban J connectivity index is 0.00000363. The predicted octanol–water partition coefficient (Wildman–Crippen LogP) is 5.59. The molecule has 2 aromatic carbocycles. The lowest BCUT2D eigenvalue weighted by atomic mass is 9.89. The first-order valence-electron chi connectivity index (χ1n) is 10.9. The SMILES string of the molecule is C.CC(C)[C@@H](NC(=O)CCc1ccccc1F)C(=O)N1CCC(c2ccc(Cl)cc2)CC1. The Bertz CT molecular complexity index is 893. The number of nitrogens with zero attached hydrogens (tertiary/aromatic N) is 1. The molecule has 1 heterocycles. The van der Waals surface area contributed by atoms with Gasteiger partial charge in [0.25, 0.3) is 0 Å². The highest BCUT2D eigenvalue weighted by Gasteiger charge is 2.31. The fourth-order valence-corrected chi connectivity index (χ4v) is 4.20.